The minimum Gasteiger partial charge on any atom is -0.371 e. The van der Waals surface area contributed by atoms with Crippen LogP contribution >= 0.6 is 0 Å². The molecule has 1 spiro atoms. The second kappa shape index (κ2) is 5.63. The lowest BCUT2D eigenvalue weighted by atomic mass is 9.89. The summed E-state index contributed by atoms with van der Waals surface area (Å²) < 4.78 is 24.7. The Morgan fingerprint density at radius 1 is 1.29 bits per heavy atom. The van der Waals surface area contributed by atoms with Gasteiger partial charge in [0.05, 0.1) is 24.5 Å². The zero-order chi connectivity index (χ0) is 14.9. The third-order valence-corrected chi connectivity index (χ3v) is 4.54. The van der Waals surface area contributed by atoms with Crippen LogP contribution in [0.1, 0.15) is 31.2 Å². The molecule has 1 heterocycles. The van der Waals surface area contributed by atoms with Crippen LogP contribution in [0, 0.1) is 17.1 Å². The molecule has 0 amide bonds. The van der Waals surface area contributed by atoms with Crippen molar-refractivity contribution in [1.82, 2.24) is 0 Å². The first-order valence-electron chi connectivity index (χ1n) is 7.34. The third-order valence-electron chi connectivity index (χ3n) is 4.54. The quantitative estimate of drug-likeness (QED) is 0.840. The summed E-state index contributed by atoms with van der Waals surface area (Å²) in [6.07, 6.45) is 3.62. The minimum atomic E-state index is -0.377. The third kappa shape index (κ3) is 2.74. The van der Waals surface area contributed by atoms with E-state index in [1.807, 2.05) is 7.05 Å². The van der Waals surface area contributed by atoms with Crippen molar-refractivity contribution in [3.63, 3.8) is 0 Å². The number of anilines is 1. The molecule has 2 fully saturated rings. The molecule has 5 heteroatoms. The number of hydrogen-bond donors (Lipinski definition) is 0. The summed E-state index contributed by atoms with van der Waals surface area (Å²) in [6, 6.07) is 6.77. The number of ether oxygens (including phenoxy) is 2. The van der Waals surface area contributed by atoms with Crippen molar-refractivity contribution in [3.8, 4) is 6.07 Å². The average molecular weight is 290 g/mol. The van der Waals surface area contributed by atoms with Gasteiger partial charge in [-0.15, -0.1) is 0 Å². The molecule has 1 aromatic rings. The van der Waals surface area contributed by atoms with Gasteiger partial charge in [-0.05, 0) is 31.0 Å². The molecule has 0 radical (unpaired) electrons. The van der Waals surface area contributed by atoms with Crippen LogP contribution in [0.15, 0.2) is 18.2 Å². The van der Waals surface area contributed by atoms with Gasteiger partial charge in [-0.25, -0.2) is 4.39 Å². The van der Waals surface area contributed by atoms with Crippen LogP contribution in [0.25, 0.3) is 0 Å². The summed E-state index contributed by atoms with van der Waals surface area (Å²) in [5.74, 6) is -0.753. The van der Waals surface area contributed by atoms with E-state index in [-0.39, 0.29) is 11.6 Å². The molecule has 0 bridgehead atoms. The van der Waals surface area contributed by atoms with Crippen LogP contribution in [0.4, 0.5) is 10.1 Å². The topological polar surface area (TPSA) is 45.5 Å². The summed E-state index contributed by atoms with van der Waals surface area (Å²) in [6.45, 7) is 1.36. The van der Waals surface area contributed by atoms with Crippen molar-refractivity contribution in [1.29, 1.82) is 5.26 Å². The molecule has 1 saturated heterocycles. The largest absolute Gasteiger partial charge is 0.371 e. The van der Waals surface area contributed by atoms with Gasteiger partial charge in [-0.1, -0.05) is 0 Å². The van der Waals surface area contributed by atoms with Crippen molar-refractivity contribution >= 4 is 5.69 Å². The summed E-state index contributed by atoms with van der Waals surface area (Å²) in [7, 11) is 1.97. The molecule has 0 atom stereocenters. The highest BCUT2D eigenvalue weighted by molar-refractivity contribution is 5.59. The maximum absolute atomic E-state index is 13.2. The van der Waals surface area contributed by atoms with Crippen molar-refractivity contribution < 1.29 is 13.9 Å². The predicted molar refractivity (Wildman–Crippen MR) is 76.4 cm³/mol. The lowest BCUT2D eigenvalue weighted by Gasteiger charge is -2.40. The van der Waals surface area contributed by atoms with Gasteiger partial charge in [-0.2, -0.15) is 5.26 Å². The van der Waals surface area contributed by atoms with E-state index >= 15 is 0 Å². The highest BCUT2D eigenvalue weighted by atomic mass is 19.1. The van der Waals surface area contributed by atoms with Crippen LogP contribution < -0.4 is 4.90 Å². The summed E-state index contributed by atoms with van der Waals surface area (Å²) in [5, 5.41) is 9.17. The first-order valence-corrected chi connectivity index (χ1v) is 7.34. The van der Waals surface area contributed by atoms with Crippen LogP contribution in [0.3, 0.4) is 0 Å². The monoisotopic (exact) mass is 290 g/mol. The first-order chi connectivity index (χ1) is 10.1. The Labute approximate surface area is 124 Å². The second-order valence-electron chi connectivity index (χ2n) is 5.72. The predicted octanol–water partition coefficient (Wildman–Crippen LogP) is 2.82. The molecule has 4 nitrogen and oxygen atoms in total. The smallest absolute Gasteiger partial charge is 0.168 e. The molecular formula is C16H19FN2O2. The Balaban J connectivity index is 1.72. The van der Waals surface area contributed by atoms with Gasteiger partial charge in [0.25, 0.3) is 0 Å². The van der Waals surface area contributed by atoms with Gasteiger partial charge >= 0.3 is 0 Å². The van der Waals surface area contributed by atoms with E-state index in [0.717, 1.165) is 31.4 Å². The number of benzene rings is 1. The maximum atomic E-state index is 13.2. The van der Waals surface area contributed by atoms with Gasteiger partial charge in [-0.3, -0.25) is 0 Å². The minimum absolute atomic E-state index is 0.320. The highest BCUT2D eigenvalue weighted by Gasteiger charge is 2.41. The van der Waals surface area contributed by atoms with Crippen molar-refractivity contribution in [2.24, 2.45) is 0 Å². The van der Waals surface area contributed by atoms with E-state index in [0.29, 0.717) is 24.8 Å². The molecule has 1 aliphatic carbocycles. The summed E-state index contributed by atoms with van der Waals surface area (Å²) in [4.78, 5) is 2.08. The zero-order valence-corrected chi connectivity index (χ0v) is 12.1. The number of rotatable bonds is 2. The number of hydrogen-bond acceptors (Lipinski definition) is 4. The molecular weight excluding hydrogens is 271 g/mol. The lowest BCUT2D eigenvalue weighted by molar-refractivity contribution is -0.178. The maximum Gasteiger partial charge on any atom is 0.168 e. The van der Waals surface area contributed by atoms with Crippen molar-refractivity contribution in [2.45, 2.75) is 37.5 Å². The second-order valence-corrected chi connectivity index (χ2v) is 5.72. The fourth-order valence-electron chi connectivity index (χ4n) is 3.32. The highest BCUT2D eigenvalue weighted by Crippen LogP contribution is 2.38. The van der Waals surface area contributed by atoms with E-state index in [1.54, 1.807) is 6.07 Å². The lowest BCUT2D eigenvalue weighted by Crippen LogP contribution is -2.43. The van der Waals surface area contributed by atoms with Gasteiger partial charge in [0.2, 0.25) is 0 Å². The molecule has 0 aromatic heterocycles. The number of halogens is 1. The van der Waals surface area contributed by atoms with Crippen LogP contribution in [0.5, 0.6) is 0 Å². The standard InChI is InChI=1S/C16H19FN2O2/c1-19(15-3-2-13(17)10-12(15)11-18)14-4-6-16(7-5-14)20-8-9-21-16/h2-3,10,14H,4-9H2,1H3. The Hall–Kier alpha value is -1.64. The Kier molecular flexibility index (Phi) is 3.83. The van der Waals surface area contributed by atoms with E-state index in [4.69, 9.17) is 9.47 Å². The van der Waals surface area contributed by atoms with E-state index in [1.165, 1.54) is 12.1 Å². The van der Waals surface area contributed by atoms with Crippen LogP contribution in [-0.4, -0.2) is 32.1 Å². The zero-order valence-electron chi connectivity index (χ0n) is 12.1. The fraction of sp³-hybridized carbons (Fsp3) is 0.562. The van der Waals surface area contributed by atoms with Crippen LogP contribution in [-0.2, 0) is 9.47 Å². The first kappa shape index (κ1) is 14.3. The van der Waals surface area contributed by atoms with E-state index < -0.39 is 0 Å². The van der Waals surface area contributed by atoms with Gasteiger partial charge in [0.15, 0.2) is 5.79 Å². The Morgan fingerprint density at radius 2 is 1.95 bits per heavy atom. The molecule has 21 heavy (non-hydrogen) atoms. The molecule has 112 valence electrons. The molecule has 0 unspecified atom stereocenters. The van der Waals surface area contributed by atoms with Gasteiger partial charge in [0, 0.05) is 25.9 Å². The van der Waals surface area contributed by atoms with E-state index in [2.05, 4.69) is 11.0 Å². The number of nitrogens with zero attached hydrogens (tertiary/aromatic N) is 2. The molecule has 0 N–H and O–H groups in total. The molecule has 1 saturated carbocycles. The average Bonchev–Trinajstić information content (AvgIpc) is 2.95. The molecule has 1 aliphatic heterocycles. The summed E-state index contributed by atoms with van der Waals surface area (Å²) in [5.41, 5.74) is 1.17. The van der Waals surface area contributed by atoms with E-state index in [9.17, 15) is 9.65 Å². The number of nitriles is 1. The fourth-order valence-corrected chi connectivity index (χ4v) is 3.32. The Morgan fingerprint density at radius 3 is 2.57 bits per heavy atom. The van der Waals surface area contributed by atoms with Crippen molar-refractivity contribution in [3.05, 3.63) is 29.6 Å². The summed E-state index contributed by atoms with van der Waals surface area (Å²) >= 11 is 0. The van der Waals surface area contributed by atoms with Crippen LogP contribution in [0.2, 0.25) is 0 Å². The van der Waals surface area contributed by atoms with Crippen molar-refractivity contribution in [2.75, 3.05) is 25.2 Å². The van der Waals surface area contributed by atoms with Gasteiger partial charge < -0.3 is 14.4 Å². The Bertz CT molecular complexity index is 554. The normalized spacial score (nSPS) is 21.4. The molecule has 1 aromatic carbocycles. The van der Waals surface area contributed by atoms with Gasteiger partial charge in [0.1, 0.15) is 11.9 Å². The SMILES string of the molecule is CN(c1ccc(F)cc1C#N)C1CCC2(CC1)OCCO2. The molecule has 3 rings (SSSR count). The molecule has 2 aliphatic rings.